The number of benzene rings is 6. The fourth-order valence-electron chi connectivity index (χ4n) is 10.0. The number of anilines is 2. The van der Waals surface area contributed by atoms with Crippen LogP contribution in [0.2, 0.25) is 6.32 Å². The van der Waals surface area contributed by atoms with Gasteiger partial charge in [0, 0.05) is 6.20 Å². The molecule has 9 aromatic rings. The Morgan fingerprint density at radius 3 is 1.84 bits per heavy atom. The molecule has 0 aliphatic carbocycles. The summed E-state index contributed by atoms with van der Waals surface area (Å²) in [6, 6.07) is 39.1. The number of imidazole rings is 1. The second-order valence-corrected chi connectivity index (χ2v) is 24.9. The summed E-state index contributed by atoms with van der Waals surface area (Å²) in [4.78, 5) is 7.21. The standard InChI is InChI=1S/C65H69BN6O.Pt/c1-16-66-71(59-38-46(31-32-67-59)62(4,5)6)58-40-52(29-30-53(58)60-42(2)43(3)68-72(60)66)73-51-26-22-25-50(39-51)69-41-70(57-28-21-20-27-56(57)69)61-54(44-23-18-17-19-24-44)36-49(65(13,14)15)37-55(61)45-33-47(63(7,8)9)35-48(34-45)64(10,11)12;/h17-38H,16H2,1-15H3;/q-2;/i17D,18D,19D,23D,24D;. The number of aryl methyl sites for hydroxylation is 1. The molecule has 74 heavy (non-hydrogen) atoms. The molecule has 7 nitrogen and oxygen atoms in total. The van der Waals surface area contributed by atoms with Crippen molar-refractivity contribution in [2.45, 2.75) is 132 Å². The summed E-state index contributed by atoms with van der Waals surface area (Å²) in [5.74, 6) is 1.81. The Balaban J connectivity index is 1.20. The van der Waals surface area contributed by atoms with Gasteiger partial charge < -0.3 is 0 Å². The summed E-state index contributed by atoms with van der Waals surface area (Å²) in [6.45, 7) is 32.7. The van der Waals surface area contributed by atoms with Gasteiger partial charge in [0.2, 0.25) is 0 Å². The zero-order valence-electron chi connectivity index (χ0n) is 50.5. The first kappa shape index (κ1) is 44.9. The van der Waals surface area contributed by atoms with Crippen molar-refractivity contribution >= 4 is 29.5 Å². The molecule has 6 aromatic carbocycles. The number of pyridine rings is 1. The van der Waals surface area contributed by atoms with Gasteiger partial charge in [-0.2, -0.15) is 5.10 Å². The van der Waals surface area contributed by atoms with Crippen molar-refractivity contribution in [1.82, 2.24) is 23.8 Å². The van der Waals surface area contributed by atoms with Gasteiger partial charge in [0.1, 0.15) is 0 Å². The Kier molecular flexibility index (Phi) is 11.4. The Morgan fingerprint density at radius 2 is 1.22 bits per heavy atom. The summed E-state index contributed by atoms with van der Waals surface area (Å²) >= 11 is 2.37. The molecule has 9 heteroatoms. The average molecular weight is 1160 g/mol. The SMILES string of the molecule is [2H]c1c([2H])c([2H])c(-c2cc(C(C)(C)C)cc(-c3cc(C(C)(C)C)cc(C(C)(C)C)c3)c2-n2[c](=[Pt])n(-c3[c-]c(Oc4[c-]c5c(cc4)-c4c(C)c(C)nn4B(CC)N5c4cc(C(C)(C)C)ccn4)ccc3)c3ccccc32)c([2H])c1[2H]. The van der Waals surface area contributed by atoms with Crippen molar-refractivity contribution < 1.29 is 30.9 Å². The number of para-hydroxylation sites is 2. The van der Waals surface area contributed by atoms with Crippen LogP contribution in [0.4, 0.5) is 11.5 Å². The van der Waals surface area contributed by atoms with Crippen LogP contribution in [-0.4, -0.2) is 30.8 Å². The summed E-state index contributed by atoms with van der Waals surface area (Å²) in [7, 11) is 0. The van der Waals surface area contributed by atoms with Crippen LogP contribution < -0.4 is 9.55 Å². The first-order chi connectivity index (χ1) is 37.0. The van der Waals surface area contributed by atoms with Crippen LogP contribution in [0.25, 0.3) is 55.9 Å². The van der Waals surface area contributed by atoms with Gasteiger partial charge in [-0.3, -0.25) is 0 Å². The van der Waals surface area contributed by atoms with Gasteiger partial charge >= 0.3 is 385 Å². The monoisotopic (exact) mass is 1160 g/mol. The molecule has 0 saturated heterocycles. The summed E-state index contributed by atoms with van der Waals surface area (Å²) < 4.78 is 59.7. The molecular weight excluding hydrogens is 1090 g/mol. The fourth-order valence-corrected chi connectivity index (χ4v) is 11.1. The molecule has 10 rings (SSSR count). The molecule has 380 valence electrons. The normalized spacial score (nSPS) is 14.1. The van der Waals surface area contributed by atoms with Crippen LogP contribution in [0, 0.1) is 29.8 Å². The number of hydrogen-bond acceptors (Lipinski definition) is 4. The number of hydrogen-bond donors (Lipinski definition) is 0. The molecule has 3 aromatic heterocycles. The van der Waals surface area contributed by atoms with E-state index in [-0.39, 0.29) is 53.0 Å². The molecule has 0 N–H and O–H groups in total. The van der Waals surface area contributed by atoms with Crippen molar-refractivity contribution in [1.29, 1.82) is 0 Å². The van der Waals surface area contributed by atoms with Crippen molar-refractivity contribution in [2.24, 2.45) is 0 Å². The molecule has 0 radical (unpaired) electrons. The molecule has 0 atom stereocenters. The van der Waals surface area contributed by atoms with Crippen molar-refractivity contribution in [3.8, 4) is 56.4 Å². The average Bonchev–Trinajstić information content (AvgIpc) is 3.96. The van der Waals surface area contributed by atoms with Crippen LogP contribution in [0.1, 0.15) is 130 Å². The number of nitrogens with zero attached hydrogens (tertiary/aromatic N) is 6. The predicted molar refractivity (Wildman–Crippen MR) is 304 cm³/mol. The molecule has 1 aliphatic rings. The second kappa shape index (κ2) is 18.7. The minimum absolute atomic E-state index is 0.0975. The first-order valence-electron chi connectivity index (χ1n) is 28.2. The van der Waals surface area contributed by atoms with E-state index in [1.54, 1.807) is 0 Å². The van der Waals surface area contributed by atoms with Crippen LogP contribution in [0.15, 0.2) is 133 Å². The number of fused-ring (bicyclic) bond motifs is 4. The van der Waals surface area contributed by atoms with E-state index in [4.69, 9.17) is 18.9 Å². The quantitative estimate of drug-likeness (QED) is 0.112. The zero-order valence-corrected chi connectivity index (χ0v) is 47.8. The van der Waals surface area contributed by atoms with E-state index in [2.05, 4.69) is 208 Å². The molecule has 0 saturated carbocycles. The Bertz CT molecular complexity index is 3940. The van der Waals surface area contributed by atoms with E-state index in [0.29, 0.717) is 28.4 Å². The van der Waals surface area contributed by atoms with E-state index < -0.39 is 11.5 Å². The maximum absolute atomic E-state index is 9.52. The van der Waals surface area contributed by atoms with Gasteiger partial charge in [0.25, 0.3) is 0 Å². The van der Waals surface area contributed by atoms with Gasteiger partial charge in [-0.25, -0.2) is 0 Å². The third kappa shape index (κ3) is 9.27. The van der Waals surface area contributed by atoms with E-state index in [1.165, 1.54) is 5.56 Å². The molecule has 4 heterocycles. The second-order valence-electron chi connectivity index (χ2n) is 23.9. The number of ether oxygens (including phenoxy) is 1. The van der Waals surface area contributed by atoms with E-state index >= 15 is 0 Å². The Morgan fingerprint density at radius 1 is 0.622 bits per heavy atom. The van der Waals surface area contributed by atoms with E-state index in [1.807, 2.05) is 48.7 Å². The van der Waals surface area contributed by atoms with Gasteiger partial charge in [0.15, 0.2) is 0 Å². The summed E-state index contributed by atoms with van der Waals surface area (Å²) in [5.41, 5.74) is 14.2. The zero-order chi connectivity index (χ0) is 57.2. The van der Waals surface area contributed by atoms with Gasteiger partial charge in [-0.1, -0.05) is 27.7 Å². The van der Waals surface area contributed by atoms with E-state index in [0.717, 1.165) is 83.0 Å². The molecule has 0 bridgehead atoms. The fraction of sp³-hybridized carbons (Fsp3) is 0.308. The topological polar surface area (TPSA) is 53.0 Å². The third-order valence-corrected chi connectivity index (χ3v) is 15.5. The van der Waals surface area contributed by atoms with Crippen LogP contribution in [0.3, 0.4) is 0 Å². The van der Waals surface area contributed by atoms with Crippen LogP contribution >= 0.6 is 0 Å². The van der Waals surface area contributed by atoms with Gasteiger partial charge in [-0.15, -0.1) is 0 Å². The Labute approximate surface area is 457 Å². The number of rotatable bonds is 8. The molecule has 0 spiro atoms. The third-order valence-electron chi connectivity index (χ3n) is 14.4. The molecule has 1 aliphatic heterocycles. The molecule has 0 unspecified atom stereocenters. The first-order valence-corrected chi connectivity index (χ1v) is 26.8. The van der Waals surface area contributed by atoms with E-state index in [9.17, 15) is 2.74 Å². The molecule has 0 fully saturated rings. The molecule has 0 amide bonds. The van der Waals surface area contributed by atoms with Gasteiger partial charge in [-0.05, 0) is 30.9 Å². The van der Waals surface area contributed by atoms with Gasteiger partial charge in [0.05, 0.1) is 5.69 Å². The predicted octanol–water partition coefficient (Wildman–Crippen LogP) is 16.8. The summed E-state index contributed by atoms with van der Waals surface area (Å²) in [5, 5.41) is 5.08. The summed E-state index contributed by atoms with van der Waals surface area (Å²) in [6.07, 6.45) is 2.65. The number of aromatic nitrogens is 5. The minimum atomic E-state index is -0.437. The molecular formula is C65H69BN6OPt-2. The van der Waals surface area contributed by atoms with Crippen LogP contribution in [0.5, 0.6) is 11.5 Å². The van der Waals surface area contributed by atoms with Crippen LogP contribution in [-0.2, 0) is 41.0 Å². The van der Waals surface area contributed by atoms with Crippen molar-refractivity contribution in [3.63, 3.8) is 0 Å². The van der Waals surface area contributed by atoms with Crippen molar-refractivity contribution in [3.05, 3.63) is 183 Å². The Hall–Kier alpha value is -6.50. The maximum atomic E-state index is 9.52. The van der Waals surface area contributed by atoms with Crippen molar-refractivity contribution in [2.75, 3.05) is 4.81 Å².